The van der Waals surface area contributed by atoms with Gasteiger partial charge in [-0.05, 0) is 23.8 Å². The molecule has 1 aromatic heterocycles. The smallest absolute Gasteiger partial charge is 0.193 e. The highest BCUT2D eigenvalue weighted by molar-refractivity contribution is 14.0. The largest absolute Gasteiger partial charge is 0.362 e. The number of hydrogen-bond donors (Lipinski definition) is 1. The second-order valence-corrected chi connectivity index (χ2v) is 5.77. The van der Waals surface area contributed by atoms with E-state index < -0.39 is 0 Å². The van der Waals surface area contributed by atoms with Gasteiger partial charge in [-0.2, -0.15) is 0 Å². The third kappa shape index (κ3) is 6.15. The highest BCUT2D eigenvalue weighted by Crippen LogP contribution is 2.14. The Hall–Kier alpha value is -1.90. The molecule has 0 saturated carbocycles. The molecule has 0 radical (unpaired) electrons. The molecule has 1 N–H and O–H groups in total. The molecule has 1 heterocycles. The van der Waals surface area contributed by atoms with Gasteiger partial charge in [0.05, 0.1) is 0 Å². The van der Waals surface area contributed by atoms with Crippen LogP contribution in [0.15, 0.2) is 47.6 Å². The molecular weight excluding hydrogens is 432 g/mol. The third-order valence-electron chi connectivity index (χ3n) is 3.61. The van der Waals surface area contributed by atoms with Crippen molar-refractivity contribution in [1.82, 2.24) is 15.2 Å². The molecule has 2 rings (SSSR count). The standard InChI is InChI=1S/C18H24FN5.HI/c1-20-18(24(4)13-14-7-5-9-16(19)11-14)22-12-15-8-6-10-21-17(15)23(2)3;/h5-11H,12-13H2,1-4H3,(H,20,22);1H. The van der Waals surface area contributed by atoms with E-state index in [4.69, 9.17) is 0 Å². The lowest BCUT2D eigenvalue weighted by atomic mass is 10.2. The topological polar surface area (TPSA) is 43.8 Å². The highest BCUT2D eigenvalue weighted by Gasteiger charge is 2.10. The Labute approximate surface area is 166 Å². The first-order valence-electron chi connectivity index (χ1n) is 7.78. The maximum absolute atomic E-state index is 13.3. The maximum Gasteiger partial charge on any atom is 0.193 e. The van der Waals surface area contributed by atoms with Crippen molar-refractivity contribution >= 4 is 35.8 Å². The van der Waals surface area contributed by atoms with E-state index in [2.05, 4.69) is 15.3 Å². The number of rotatable bonds is 5. The van der Waals surface area contributed by atoms with Crippen molar-refractivity contribution in [3.05, 3.63) is 59.5 Å². The molecule has 0 saturated heterocycles. The molecule has 0 spiro atoms. The number of aromatic nitrogens is 1. The van der Waals surface area contributed by atoms with Gasteiger partial charge in [0.25, 0.3) is 0 Å². The molecule has 0 aliphatic carbocycles. The summed E-state index contributed by atoms with van der Waals surface area (Å²) in [4.78, 5) is 12.6. The Morgan fingerprint density at radius 3 is 2.60 bits per heavy atom. The first kappa shape index (κ1) is 21.1. The van der Waals surface area contributed by atoms with Crippen molar-refractivity contribution in [3.8, 4) is 0 Å². The number of halogens is 2. The van der Waals surface area contributed by atoms with Crippen LogP contribution in [0, 0.1) is 5.82 Å². The second kappa shape index (κ2) is 10.2. The summed E-state index contributed by atoms with van der Waals surface area (Å²) in [6, 6.07) is 10.6. The average Bonchev–Trinajstić information content (AvgIpc) is 2.55. The van der Waals surface area contributed by atoms with E-state index in [0.717, 1.165) is 22.9 Å². The van der Waals surface area contributed by atoms with Crippen molar-refractivity contribution < 1.29 is 4.39 Å². The molecule has 136 valence electrons. The molecule has 0 aliphatic rings. The molecular formula is C18H25FIN5. The van der Waals surface area contributed by atoms with Crippen LogP contribution in [0.2, 0.25) is 0 Å². The Kier molecular flexibility index (Phi) is 8.60. The van der Waals surface area contributed by atoms with Gasteiger partial charge < -0.3 is 15.1 Å². The fourth-order valence-electron chi connectivity index (χ4n) is 2.51. The minimum absolute atomic E-state index is 0. The SMILES string of the molecule is CN=C(NCc1cccnc1N(C)C)N(C)Cc1cccc(F)c1.I. The zero-order valence-corrected chi connectivity index (χ0v) is 17.4. The molecule has 1 aromatic carbocycles. The average molecular weight is 457 g/mol. The summed E-state index contributed by atoms with van der Waals surface area (Å²) in [6.07, 6.45) is 1.78. The number of nitrogens with one attached hydrogen (secondary N) is 1. The van der Waals surface area contributed by atoms with Crippen LogP contribution < -0.4 is 10.2 Å². The van der Waals surface area contributed by atoms with Crippen molar-refractivity contribution in [2.75, 3.05) is 33.1 Å². The predicted octanol–water partition coefficient (Wildman–Crippen LogP) is 3.11. The fourth-order valence-corrected chi connectivity index (χ4v) is 2.51. The fraction of sp³-hybridized carbons (Fsp3) is 0.333. The molecule has 0 atom stereocenters. The lowest BCUT2D eigenvalue weighted by Gasteiger charge is -2.23. The van der Waals surface area contributed by atoms with E-state index in [0.29, 0.717) is 13.1 Å². The molecule has 25 heavy (non-hydrogen) atoms. The minimum Gasteiger partial charge on any atom is -0.362 e. The zero-order chi connectivity index (χ0) is 17.5. The number of anilines is 1. The van der Waals surface area contributed by atoms with Crippen molar-refractivity contribution in [2.24, 2.45) is 4.99 Å². The van der Waals surface area contributed by atoms with Gasteiger partial charge in [-0.15, -0.1) is 24.0 Å². The van der Waals surface area contributed by atoms with Crippen LogP contribution in [0.4, 0.5) is 10.2 Å². The highest BCUT2D eigenvalue weighted by atomic mass is 127. The van der Waals surface area contributed by atoms with E-state index >= 15 is 0 Å². The summed E-state index contributed by atoms with van der Waals surface area (Å²) in [7, 11) is 7.60. The van der Waals surface area contributed by atoms with E-state index in [-0.39, 0.29) is 29.8 Å². The Morgan fingerprint density at radius 2 is 1.96 bits per heavy atom. The molecule has 0 aliphatic heterocycles. The Balaban J connectivity index is 0.00000312. The van der Waals surface area contributed by atoms with Gasteiger partial charge in [0, 0.05) is 53.0 Å². The van der Waals surface area contributed by atoms with Crippen LogP contribution in [0.3, 0.4) is 0 Å². The molecule has 0 bridgehead atoms. The number of nitrogens with zero attached hydrogens (tertiary/aromatic N) is 4. The quantitative estimate of drug-likeness (QED) is 0.426. The van der Waals surface area contributed by atoms with Gasteiger partial charge in [0.1, 0.15) is 11.6 Å². The lowest BCUT2D eigenvalue weighted by Crippen LogP contribution is -2.38. The molecule has 0 unspecified atom stereocenters. The van der Waals surface area contributed by atoms with Crippen LogP contribution in [0.25, 0.3) is 0 Å². The van der Waals surface area contributed by atoms with Crippen molar-refractivity contribution in [1.29, 1.82) is 0 Å². The van der Waals surface area contributed by atoms with Gasteiger partial charge in [0.2, 0.25) is 0 Å². The molecule has 7 heteroatoms. The summed E-state index contributed by atoms with van der Waals surface area (Å²) < 4.78 is 13.3. The predicted molar refractivity (Wildman–Crippen MR) is 112 cm³/mol. The molecule has 0 fully saturated rings. The second-order valence-electron chi connectivity index (χ2n) is 5.77. The first-order chi connectivity index (χ1) is 11.5. The monoisotopic (exact) mass is 457 g/mol. The molecule has 2 aromatic rings. The van der Waals surface area contributed by atoms with E-state index in [1.54, 1.807) is 19.3 Å². The lowest BCUT2D eigenvalue weighted by molar-refractivity contribution is 0.474. The number of aliphatic imine (C=N–C) groups is 1. The summed E-state index contributed by atoms with van der Waals surface area (Å²) >= 11 is 0. The van der Waals surface area contributed by atoms with Crippen molar-refractivity contribution in [2.45, 2.75) is 13.1 Å². The Bertz CT molecular complexity index is 705. The van der Waals surface area contributed by atoms with Gasteiger partial charge in [-0.25, -0.2) is 9.37 Å². The zero-order valence-electron chi connectivity index (χ0n) is 15.0. The van der Waals surface area contributed by atoms with Crippen LogP contribution in [-0.2, 0) is 13.1 Å². The van der Waals surface area contributed by atoms with Gasteiger partial charge in [-0.3, -0.25) is 4.99 Å². The first-order valence-corrected chi connectivity index (χ1v) is 7.78. The van der Waals surface area contributed by atoms with Gasteiger partial charge in [-0.1, -0.05) is 18.2 Å². The summed E-state index contributed by atoms with van der Waals surface area (Å²) in [5, 5.41) is 3.33. The van der Waals surface area contributed by atoms with Crippen LogP contribution >= 0.6 is 24.0 Å². The number of hydrogen-bond acceptors (Lipinski definition) is 3. The third-order valence-corrected chi connectivity index (χ3v) is 3.61. The van der Waals surface area contributed by atoms with Crippen LogP contribution in [0.5, 0.6) is 0 Å². The van der Waals surface area contributed by atoms with Crippen molar-refractivity contribution in [3.63, 3.8) is 0 Å². The maximum atomic E-state index is 13.3. The van der Waals surface area contributed by atoms with Gasteiger partial charge >= 0.3 is 0 Å². The summed E-state index contributed by atoms with van der Waals surface area (Å²) in [6.45, 7) is 1.19. The van der Waals surface area contributed by atoms with E-state index in [1.807, 2.05) is 49.1 Å². The number of guanidine groups is 1. The van der Waals surface area contributed by atoms with E-state index in [9.17, 15) is 4.39 Å². The normalized spacial score (nSPS) is 10.8. The van der Waals surface area contributed by atoms with Crippen LogP contribution in [0.1, 0.15) is 11.1 Å². The number of benzene rings is 1. The molecule has 5 nitrogen and oxygen atoms in total. The summed E-state index contributed by atoms with van der Waals surface area (Å²) in [5.41, 5.74) is 1.98. The number of pyridine rings is 1. The van der Waals surface area contributed by atoms with E-state index in [1.165, 1.54) is 12.1 Å². The van der Waals surface area contributed by atoms with Crippen LogP contribution in [-0.4, -0.2) is 44.0 Å². The summed E-state index contributed by atoms with van der Waals surface area (Å²) in [5.74, 6) is 1.44. The Morgan fingerprint density at radius 1 is 1.20 bits per heavy atom. The minimum atomic E-state index is -0.227. The molecule has 0 amide bonds. The van der Waals surface area contributed by atoms with Gasteiger partial charge in [0.15, 0.2) is 5.96 Å².